The SMILES string of the molecule is Cc1c(NC(=O)COC(=O)CN2CCCCCC2=O)c(=O)n(-c2ccccc2)n1C. The fourth-order valence-electron chi connectivity index (χ4n) is 3.44. The van der Waals surface area contributed by atoms with E-state index in [2.05, 4.69) is 5.32 Å². The number of hydrogen-bond donors (Lipinski definition) is 1. The topological polar surface area (TPSA) is 103 Å². The van der Waals surface area contributed by atoms with Gasteiger partial charge in [-0.05, 0) is 31.9 Å². The van der Waals surface area contributed by atoms with Crippen molar-refractivity contribution in [3.05, 3.63) is 46.4 Å². The van der Waals surface area contributed by atoms with Crippen molar-refractivity contribution in [3.63, 3.8) is 0 Å². The third-order valence-electron chi connectivity index (χ3n) is 5.17. The van der Waals surface area contributed by atoms with Crippen molar-refractivity contribution < 1.29 is 19.1 Å². The third-order valence-corrected chi connectivity index (χ3v) is 5.17. The molecule has 2 heterocycles. The lowest BCUT2D eigenvalue weighted by atomic mass is 10.2. The number of carbonyl (C=O) groups is 3. The molecule has 1 aliphatic heterocycles. The van der Waals surface area contributed by atoms with Crippen molar-refractivity contribution in [3.8, 4) is 5.69 Å². The van der Waals surface area contributed by atoms with Gasteiger partial charge in [0.25, 0.3) is 11.5 Å². The maximum absolute atomic E-state index is 12.8. The molecule has 1 saturated heterocycles. The van der Waals surface area contributed by atoms with Gasteiger partial charge in [0.2, 0.25) is 5.91 Å². The number of amides is 2. The molecule has 9 nitrogen and oxygen atoms in total. The highest BCUT2D eigenvalue weighted by atomic mass is 16.5. The van der Waals surface area contributed by atoms with Gasteiger partial charge < -0.3 is 15.0 Å². The molecule has 0 unspecified atom stereocenters. The lowest BCUT2D eigenvalue weighted by Crippen LogP contribution is -2.37. The Hall–Kier alpha value is -3.36. The largest absolute Gasteiger partial charge is 0.454 e. The number of likely N-dealkylation sites (tertiary alicyclic amines) is 1. The van der Waals surface area contributed by atoms with Crippen LogP contribution in [-0.4, -0.2) is 51.7 Å². The Morgan fingerprint density at radius 2 is 1.83 bits per heavy atom. The van der Waals surface area contributed by atoms with Gasteiger partial charge in [-0.25, -0.2) is 4.68 Å². The Bertz CT molecular complexity index is 993. The lowest BCUT2D eigenvalue weighted by Gasteiger charge is -2.19. The first kappa shape index (κ1) is 21.4. The summed E-state index contributed by atoms with van der Waals surface area (Å²) in [6, 6.07) is 9.06. The van der Waals surface area contributed by atoms with Crippen LogP contribution in [0.25, 0.3) is 5.69 Å². The summed E-state index contributed by atoms with van der Waals surface area (Å²) < 4.78 is 8.10. The van der Waals surface area contributed by atoms with Gasteiger partial charge in [-0.15, -0.1) is 0 Å². The fourth-order valence-corrected chi connectivity index (χ4v) is 3.44. The summed E-state index contributed by atoms with van der Waals surface area (Å²) in [5.74, 6) is -1.33. The molecule has 0 spiro atoms. The zero-order chi connectivity index (χ0) is 21.7. The van der Waals surface area contributed by atoms with E-state index in [9.17, 15) is 19.2 Å². The maximum atomic E-state index is 12.8. The minimum absolute atomic E-state index is 0.0738. The standard InChI is InChI=1S/C21H26N4O5/c1-15-20(21(29)25(23(15)2)16-9-5-3-6-10-16)22-17(26)14-30-19(28)13-24-12-8-4-7-11-18(24)27/h3,5-6,9-10H,4,7-8,11-14H2,1-2H3,(H,22,26). The van der Waals surface area contributed by atoms with E-state index in [0.717, 1.165) is 19.3 Å². The average Bonchev–Trinajstić information content (AvgIpc) is 2.86. The number of carbonyl (C=O) groups excluding carboxylic acids is 3. The summed E-state index contributed by atoms with van der Waals surface area (Å²) >= 11 is 0. The smallest absolute Gasteiger partial charge is 0.326 e. The van der Waals surface area contributed by atoms with Gasteiger partial charge in [0.1, 0.15) is 12.2 Å². The number of aromatic nitrogens is 2. The molecule has 0 radical (unpaired) electrons. The molecule has 9 heteroatoms. The number of esters is 1. The molecular formula is C21H26N4O5. The minimum Gasteiger partial charge on any atom is -0.454 e. The normalized spacial score (nSPS) is 14.3. The molecule has 2 amide bonds. The van der Waals surface area contributed by atoms with E-state index in [-0.39, 0.29) is 23.7 Å². The first-order valence-corrected chi connectivity index (χ1v) is 9.95. The summed E-state index contributed by atoms with van der Waals surface area (Å²) in [7, 11) is 1.72. The number of nitrogens with one attached hydrogen (secondary N) is 1. The van der Waals surface area contributed by atoms with Gasteiger partial charge in [0.15, 0.2) is 6.61 Å². The van der Waals surface area contributed by atoms with Crippen LogP contribution in [-0.2, 0) is 26.2 Å². The zero-order valence-electron chi connectivity index (χ0n) is 17.2. The fraction of sp³-hybridized carbons (Fsp3) is 0.429. The van der Waals surface area contributed by atoms with E-state index in [4.69, 9.17) is 4.74 Å². The van der Waals surface area contributed by atoms with E-state index in [1.165, 1.54) is 9.58 Å². The Labute approximate surface area is 174 Å². The first-order chi connectivity index (χ1) is 14.4. The van der Waals surface area contributed by atoms with Gasteiger partial charge in [-0.2, -0.15) is 0 Å². The lowest BCUT2D eigenvalue weighted by molar-refractivity contribution is -0.151. The van der Waals surface area contributed by atoms with Crippen molar-refractivity contribution >= 4 is 23.5 Å². The molecule has 1 N–H and O–H groups in total. The first-order valence-electron chi connectivity index (χ1n) is 9.95. The number of benzene rings is 1. The molecular weight excluding hydrogens is 388 g/mol. The van der Waals surface area contributed by atoms with Crippen LogP contribution in [0.5, 0.6) is 0 Å². The molecule has 0 saturated carbocycles. The van der Waals surface area contributed by atoms with E-state index >= 15 is 0 Å². The number of para-hydroxylation sites is 1. The molecule has 0 bridgehead atoms. The van der Waals surface area contributed by atoms with Crippen LogP contribution in [0.3, 0.4) is 0 Å². The van der Waals surface area contributed by atoms with Crippen LogP contribution in [0.4, 0.5) is 5.69 Å². The van der Waals surface area contributed by atoms with Crippen molar-refractivity contribution in [1.82, 2.24) is 14.3 Å². The highest BCUT2D eigenvalue weighted by Gasteiger charge is 2.22. The maximum Gasteiger partial charge on any atom is 0.326 e. The summed E-state index contributed by atoms with van der Waals surface area (Å²) in [5, 5.41) is 2.54. The minimum atomic E-state index is -0.646. The highest BCUT2D eigenvalue weighted by molar-refractivity contribution is 5.93. The van der Waals surface area contributed by atoms with Gasteiger partial charge in [-0.3, -0.25) is 23.9 Å². The average molecular weight is 414 g/mol. The molecule has 1 aromatic heterocycles. The monoisotopic (exact) mass is 414 g/mol. The highest BCUT2D eigenvalue weighted by Crippen LogP contribution is 2.14. The predicted octanol–water partition coefficient (Wildman–Crippen LogP) is 1.37. The summed E-state index contributed by atoms with van der Waals surface area (Å²) in [4.78, 5) is 50.5. The quantitative estimate of drug-likeness (QED) is 0.719. The second-order valence-corrected chi connectivity index (χ2v) is 7.27. The molecule has 1 fully saturated rings. The van der Waals surface area contributed by atoms with Gasteiger partial charge >= 0.3 is 5.97 Å². The van der Waals surface area contributed by atoms with Gasteiger partial charge in [0, 0.05) is 20.0 Å². The summed E-state index contributed by atoms with van der Waals surface area (Å²) in [5.41, 5.74) is 0.988. The van der Waals surface area contributed by atoms with Crippen LogP contribution < -0.4 is 10.9 Å². The van der Waals surface area contributed by atoms with Gasteiger partial charge in [0.05, 0.1) is 11.4 Å². The Balaban J connectivity index is 1.61. The molecule has 160 valence electrons. The van der Waals surface area contributed by atoms with Crippen LogP contribution in [0, 0.1) is 6.92 Å². The number of rotatable bonds is 6. The van der Waals surface area contributed by atoms with Crippen LogP contribution in [0.1, 0.15) is 31.4 Å². The number of hydrogen-bond acceptors (Lipinski definition) is 5. The molecule has 2 aromatic rings. The Kier molecular flexibility index (Phi) is 6.71. The molecule has 30 heavy (non-hydrogen) atoms. The van der Waals surface area contributed by atoms with Crippen LogP contribution in [0.2, 0.25) is 0 Å². The van der Waals surface area contributed by atoms with E-state index in [1.807, 2.05) is 18.2 Å². The second-order valence-electron chi connectivity index (χ2n) is 7.27. The summed E-state index contributed by atoms with van der Waals surface area (Å²) in [6.07, 6.45) is 3.05. The number of anilines is 1. The predicted molar refractivity (Wildman–Crippen MR) is 110 cm³/mol. The van der Waals surface area contributed by atoms with Gasteiger partial charge in [-0.1, -0.05) is 24.6 Å². The third kappa shape index (κ3) is 4.79. The second kappa shape index (κ2) is 9.43. The van der Waals surface area contributed by atoms with E-state index < -0.39 is 18.5 Å². The number of ether oxygens (including phenoxy) is 1. The Morgan fingerprint density at radius 3 is 2.57 bits per heavy atom. The molecule has 0 aliphatic carbocycles. The molecule has 1 aromatic carbocycles. The van der Waals surface area contributed by atoms with Crippen molar-refractivity contribution in [1.29, 1.82) is 0 Å². The molecule has 0 atom stereocenters. The van der Waals surface area contributed by atoms with Crippen molar-refractivity contribution in [2.45, 2.75) is 32.6 Å². The van der Waals surface area contributed by atoms with Crippen molar-refractivity contribution in [2.24, 2.45) is 7.05 Å². The van der Waals surface area contributed by atoms with E-state index in [1.54, 1.807) is 30.8 Å². The van der Waals surface area contributed by atoms with Crippen LogP contribution in [0.15, 0.2) is 35.1 Å². The van der Waals surface area contributed by atoms with Crippen LogP contribution >= 0.6 is 0 Å². The molecule has 3 rings (SSSR count). The Morgan fingerprint density at radius 1 is 1.10 bits per heavy atom. The zero-order valence-corrected chi connectivity index (χ0v) is 17.2. The van der Waals surface area contributed by atoms with Crippen molar-refractivity contribution in [2.75, 3.05) is 25.0 Å². The summed E-state index contributed by atoms with van der Waals surface area (Å²) in [6.45, 7) is 1.53. The van der Waals surface area contributed by atoms with E-state index in [0.29, 0.717) is 24.3 Å². The number of nitrogens with zero attached hydrogens (tertiary/aromatic N) is 3. The molecule has 1 aliphatic rings.